The molecule has 0 bridgehead atoms. The van der Waals surface area contributed by atoms with Gasteiger partial charge in [-0.2, -0.15) is 5.26 Å². The zero-order valence-electron chi connectivity index (χ0n) is 10.7. The lowest BCUT2D eigenvalue weighted by Crippen LogP contribution is -2.14. The zero-order valence-corrected chi connectivity index (χ0v) is 11.5. The molecule has 0 fully saturated rings. The van der Waals surface area contributed by atoms with Gasteiger partial charge in [-0.1, -0.05) is 23.9 Å². The van der Waals surface area contributed by atoms with E-state index in [9.17, 15) is 9.18 Å². The third-order valence-electron chi connectivity index (χ3n) is 2.62. The monoisotopic (exact) mass is 290 g/mol. The molecule has 1 aromatic heterocycles. The lowest BCUT2D eigenvalue weighted by molar-refractivity contribution is 0.102. The van der Waals surface area contributed by atoms with Gasteiger partial charge in [-0.05, 0) is 30.1 Å². The number of amides is 1. The van der Waals surface area contributed by atoms with E-state index in [-0.39, 0.29) is 11.3 Å². The predicted octanol–water partition coefficient (Wildman–Crippen LogP) is 2.75. The number of hydrogen-bond acceptors (Lipinski definition) is 5. The maximum atomic E-state index is 13.4. The summed E-state index contributed by atoms with van der Waals surface area (Å²) < 4.78 is 17.2. The molecule has 0 aliphatic heterocycles. The van der Waals surface area contributed by atoms with Gasteiger partial charge in [0.1, 0.15) is 22.3 Å². The Bertz CT molecular complexity index is 677. The van der Waals surface area contributed by atoms with E-state index < -0.39 is 11.7 Å². The van der Waals surface area contributed by atoms with Crippen molar-refractivity contribution in [2.45, 2.75) is 19.8 Å². The van der Waals surface area contributed by atoms with E-state index in [0.717, 1.165) is 18.0 Å². The molecule has 0 spiro atoms. The fraction of sp³-hybridized carbons (Fsp3) is 0.231. The van der Waals surface area contributed by atoms with Gasteiger partial charge in [0.15, 0.2) is 0 Å². The number of rotatable bonds is 4. The van der Waals surface area contributed by atoms with E-state index in [4.69, 9.17) is 5.26 Å². The molecule has 5 nitrogen and oxygen atoms in total. The Balaban J connectivity index is 2.27. The molecule has 0 radical (unpaired) electrons. The second-order valence-electron chi connectivity index (χ2n) is 4.03. The van der Waals surface area contributed by atoms with Crippen LogP contribution in [0.25, 0.3) is 0 Å². The van der Waals surface area contributed by atoms with Gasteiger partial charge in [0.25, 0.3) is 5.91 Å². The van der Waals surface area contributed by atoms with E-state index in [1.54, 1.807) is 6.07 Å². The number of benzene rings is 1. The van der Waals surface area contributed by atoms with Crippen molar-refractivity contribution >= 4 is 23.1 Å². The van der Waals surface area contributed by atoms with Crippen LogP contribution in [0.4, 0.5) is 10.1 Å². The first-order valence-electron chi connectivity index (χ1n) is 5.98. The van der Waals surface area contributed by atoms with E-state index in [2.05, 4.69) is 14.9 Å². The lowest BCUT2D eigenvalue weighted by atomic mass is 10.1. The van der Waals surface area contributed by atoms with Crippen molar-refractivity contribution in [1.29, 1.82) is 5.26 Å². The number of nitriles is 1. The summed E-state index contributed by atoms with van der Waals surface area (Å²) in [6, 6.07) is 5.82. The Kier molecular flexibility index (Phi) is 4.38. The van der Waals surface area contributed by atoms with Crippen LogP contribution in [0.1, 0.15) is 34.3 Å². The van der Waals surface area contributed by atoms with Gasteiger partial charge < -0.3 is 5.32 Å². The number of nitrogens with zero attached hydrogens (tertiary/aromatic N) is 3. The molecule has 0 saturated carbocycles. The van der Waals surface area contributed by atoms with Crippen molar-refractivity contribution in [1.82, 2.24) is 9.59 Å². The summed E-state index contributed by atoms with van der Waals surface area (Å²) in [6.45, 7) is 1.97. The van der Waals surface area contributed by atoms with Crippen LogP contribution in [-0.2, 0) is 6.42 Å². The van der Waals surface area contributed by atoms with Crippen LogP contribution >= 0.6 is 11.5 Å². The molecule has 2 aromatic rings. The van der Waals surface area contributed by atoms with E-state index in [0.29, 0.717) is 17.0 Å². The van der Waals surface area contributed by atoms with Gasteiger partial charge in [0.05, 0.1) is 11.4 Å². The molecular formula is C13H11FN4OS. The molecule has 1 N–H and O–H groups in total. The first-order valence-corrected chi connectivity index (χ1v) is 6.76. The molecular weight excluding hydrogens is 279 g/mol. The van der Waals surface area contributed by atoms with Gasteiger partial charge in [-0.15, -0.1) is 5.10 Å². The molecule has 20 heavy (non-hydrogen) atoms. The number of nitrogens with one attached hydrogen (secondary N) is 1. The normalized spacial score (nSPS) is 10.1. The molecule has 0 atom stereocenters. The van der Waals surface area contributed by atoms with Crippen molar-refractivity contribution < 1.29 is 9.18 Å². The third-order valence-corrected chi connectivity index (χ3v) is 3.39. The summed E-state index contributed by atoms with van der Waals surface area (Å²) >= 11 is 0.985. The largest absolute Gasteiger partial charge is 0.320 e. The number of carbonyl (C=O) groups is 1. The highest BCUT2D eigenvalue weighted by Gasteiger charge is 2.18. The molecule has 1 aromatic carbocycles. The fourth-order valence-electron chi connectivity index (χ4n) is 1.70. The molecule has 1 heterocycles. The van der Waals surface area contributed by atoms with Gasteiger partial charge in [0.2, 0.25) is 0 Å². The minimum Gasteiger partial charge on any atom is -0.320 e. The van der Waals surface area contributed by atoms with Gasteiger partial charge in [-0.3, -0.25) is 4.79 Å². The quantitative estimate of drug-likeness (QED) is 0.939. The van der Waals surface area contributed by atoms with Crippen molar-refractivity contribution in [3.63, 3.8) is 0 Å². The van der Waals surface area contributed by atoms with Gasteiger partial charge in [-0.25, -0.2) is 4.39 Å². The molecule has 102 valence electrons. The zero-order chi connectivity index (χ0) is 14.5. The average Bonchev–Trinajstić information content (AvgIpc) is 2.88. The first kappa shape index (κ1) is 14.1. The van der Waals surface area contributed by atoms with Gasteiger partial charge in [0, 0.05) is 0 Å². The fourth-order valence-corrected chi connectivity index (χ4v) is 2.31. The summed E-state index contributed by atoms with van der Waals surface area (Å²) in [7, 11) is 0. The first-order chi connectivity index (χ1) is 9.67. The van der Waals surface area contributed by atoms with Crippen molar-refractivity contribution in [3.8, 4) is 6.07 Å². The molecule has 0 aliphatic rings. The summed E-state index contributed by atoms with van der Waals surface area (Å²) in [4.78, 5) is 12.5. The van der Waals surface area contributed by atoms with Crippen LogP contribution in [0.15, 0.2) is 18.2 Å². The Morgan fingerprint density at radius 3 is 3.05 bits per heavy atom. The highest BCUT2D eigenvalue weighted by Crippen LogP contribution is 2.20. The van der Waals surface area contributed by atoms with Crippen LogP contribution in [0.5, 0.6) is 0 Å². The number of carbonyl (C=O) groups excluding carboxylic acids is 1. The smallest absolute Gasteiger partial charge is 0.269 e. The standard InChI is InChI=1S/C13H11FN4OS/c1-2-4-11-12(20-18-17-11)13(19)16-10-6-3-5-9(14)8(10)7-15/h3,5-6H,2,4H2,1H3,(H,16,19). The summed E-state index contributed by atoms with van der Waals surface area (Å²) in [6.07, 6.45) is 1.49. The van der Waals surface area contributed by atoms with Crippen molar-refractivity contribution in [3.05, 3.63) is 40.2 Å². The SMILES string of the molecule is CCCc1nnsc1C(=O)Nc1cccc(F)c1C#N. The number of halogens is 1. The van der Waals surface area contributed by atoms with Crippen LogP contribution in [-0.4, -0.2) is 15.5 Å². The van der Waals surface area contributed by atoms with Crippen molar-refractivity contribution in [2.24, 2.45) is 0 Å². The summed E-state index contributed by atoms with van der Waals surface area (Å²) in [5.74, 6) is -1.09. The number of hydrogen-bond donors (Lipinski definition) is 1. The highest BCUT2D eigenvalue weighted by atomic mass is 32.1. The third kappa shape index (κ3) is 2.81. The average molecular weight is 290 g/mol. The number of aromatic nitrogens is 2. The Hall–Kier alpha value is -2.33. The summed E-state index contributed by atoms with van der Waals surface area (Å²) in [5, 5.41) is 15.3. The number of aryl methyl sites for hydroxylation is 1. The Labute approximate surface area is 119 Å². The maximum absolute atomic E-state index is 13.4. The van der Waals surface area contributed by atoms with Crippen molar-refractivity contribution in [2.75, 3.05) is 5.32 Å². The molecule has 1 amide bonds. The van der Waals surface area contributed by atoms with Crippen LogP contribution in [0.3, 0.4) is 0 Å². The topological polar surface area (TPSA) is 78.7 Å². The molecule has 0 aliphatic carbocycles. The predicted molar refractivity (Wildman–Crippen MR) is 73.0 cm³/mol. The second kappa shape index (κ2) is 6.21. The summed E-state index contributed by atoms with van der Waals surface area (Å²) in [5.41, 5.74) is 0.577. The Morgan fingerprint density at radius 1 is 1.55 bits per heavy atom. The molecule has 0 saturated heterocycles. The molecule has 0 unspecified atom stereocenters. The number of anilines is 1. The van der Waals surface area contributed by atoms with Crippen LogP contribution in [0.2, 0.25) is 0 Å². The minimum atomic E-state index is -0.665. The lowest BCUT2D eigenvalue weighted by Gasteiger charge is -2.06. The van der Waals surface area contributed by atoms with Crippen LogP contribution in [0, 0.1) is 17.1 Å². The second-order valence-corrected chi connectivity index (χ2v) is 4.78. The maximum Gasteiger partial charge on any atom is 0.269 e. The van der Waals surface area contributed by atoms with Gasteiger partial charge >= 0.3 is 0 Å². The molecule has 7 heteroatoms. The molecule has 2 rings (SSSR count). The van der Waals surface area contributed by atoms with E-state index >= 15 is 0 Å². The van der Waals surface area contributed by atoms with Crippen LogP contribution < -0.4 is 5.32 Å². The minimum absolute atomic E-state index is 0.147. The van der Waals surface area contributed by atoms with E-state index in [1.165, 1.54) is 18.2 Å². The Morgan fingerprint density at radius 2 is 2.35 bits per heavy atom. The van der Waals surface area contributed by atoms with E-state index in [1.807, 2.05) is 6.92 Å². The highest BCUT2D eigenvalue weighted by molar-refractivity contribution is 7.08.